The third-order valence-corrected chi connectivity index (χ3v) is 5.28. The number of halogens is 4. The molecule has 1 atom stereocenters. The van der Waals surface area contributed by atoms with E-state index in [2.05, 4.69) is 15.2 Å². The summed E-state index contributed by atoms with van der Waals surface area (Å²) in [4.78, 5) is 20.8. The van der Waals surface area contributed by atoms with Gasteiger partial charge in [-0.3, -0.25) is 9.79 Å². The van der Waals surface area contributed by atoms with Crippen LogP contribution in [0.3, 0.4) is 0 Å². The van der Waals surface area contributed by atoms with Gasteiger partial charge in [-0.2, -0.15) is 13.2 Å². The van der Waals surface area contributed by atoms with Crippen LogP contribution in [0.4, 0.5) is 13.2 Å². The number of rotatable bonds is 6. The lowest BCUT2D eigenvalue weighted by Gasteiger charge is -2.37. The highest BCUT2D eigenvalue weighted by atomic mass is 127. The number of carbonyl (C=O) groups is 1. The topological polar surface area (TPSA) is 66.4 Å². The van der Waals surface area contributed by atoms with Gasteiger partial charge in [0.2, 0.25) is 0 Å². The molecule has 180 valence electrons. The second kappa shape index (κ2) is 12.6. The van der Waals surface area contributed by atoms with Gasteiger partial charge in [-0.15, -0.1) is 24.0 Å². The van der Waals surface area contributed by atoms with E-state index in [1.807, 2.05) is 17.0 Å². The number of alkyl halides is 3. The Bertz CT molecular complexity index is 765. The molecule has 3 rings (SSSR count). The molecule has 0 radical (unpaired) electrons. The number of nitrogens with zero attached hydrogens (tertiary/aromatic N) is 3. The van der Waals surface area contributed by atoms with Crippen LogP contribution in [0.25, 0.3) is 0 Å². The highest BCUT2D eigenvalue weighted by molar-refractivity contribution is 14.0. The van der Waals surface area contributed by atoms with Gasteiger partial charge in [-0.05, 0) is 24.0 Å². The molecule has 11 heteroatoms. The summed E-state index contributed by atoms with van der Waals surface area (Å²) in [7, 11) is 1.70. The fraction of sp³-hybridized carbons (Fsp3) is 0.619. The largest absolute Gasteiger partial charge is 0.411 e. The van der Waals surface area contributed by atoms with Crippen molar-refractivity contribution in [2.75, 3.05) is 46.4 Å². The van der Waals surface area contributed by atoms with Crippen molar-refractivity contribution in [1.29, 1.82) is 0 Å². The molecule has 1 N–H and O–H groups in total. The Morgan fingerprint density at radius 2 is 1.91 bits per heavy atom. The Hall–Kier alpha value is -1.60. The molecule has 1 unspecified atom stereocenters. The fourth-order valence-electron chi connectivity index (χ4n) is 3.74. The average Bonchev–Trinajstić information content (AvgIpc) is 3.28. The van der Waals surface area contributed by atoms with Crippen LogP contribution in [-0.4, -0.2) is 80.4 Å². The Kier molecular flexibility index (Phi) is 10.5. The molecular formula is C21H30F3IN4O3. The van der Waals surface area contributed by atoms with Crippen molar-refractivity contribution < 1.29 is 27.4 Å². The molecule has 1 aromatic carbocycles. The second-order valence-corrected chi connectivity index (χ2v) is 7.64. The van der Waals surface area contributed by atoms with Crippen LogP contribution >= 0.6 is 24.0 Å². The van der Waals surface area contributed by atoms with Crippen molar-refractivity contribution in [3.05, 3.63) is 35.4 Å². The summed E-state index contributed by atoms with van der Waals surface area (Å²) in [6.07, 6.45) is -2.90. The molecule has 1 aromatic rings. The van der Waals surface area contributed by atoms with Gasteiger partial charge in [0, 0.05) is 46.4 Å². The van der Waals surface area contributed by atoms with Crippen LogP contribution in [0.1, 0.15) is 24.0 Å². The highest BCUT2D eigenvalue weighted by Crippen LogP contribution is 2.17. The zero-order chi connectivity index (χ0) is 22.3. The number of ether oxygens (including phenoxy) is 2. The van der Waals surface area contributed by atoms with Gasteiger partial charge in [0.15, 0.2) is 5.96 Å². The number of nitrogens with one attached hydrogen (secondary N) is 1. The first-order valence-electron chi connectivity index (χ1n) is 10.4. The van der Waals surface area contributed by atoms with E-state index >= 15 is 0 Å². The highest BCUT2D eigenvalue weighted by Gasteiger charge is 2.31. The molecule has 0 saturated carbocycles. The number of amides is 1. The maximum absolute atomic E-state index is 12.5. The van der Waals surface area contributed by atoms with E-state index in [4.69, 9.17) is 9.47 Å². The average molecular weight is 570 g/mol. The van der Waals surface area contributed by atoms with Crippen molar-refractivity contribution in [3.8, 4) is 0 Å². The Balaban J connectivity index is 0.00000363. The molecule has 2 heterocycles. The smallest absolute Gasteiger partial charge is 0.368 e. The lowest BCUT2D eigenvalue weighted by Crippen LogP contribution is -2.55. The number of piperazine rings is 1. The van der Waals surface area contributed by atoms with Crippen molar-refractivity contribution in [3.63, 3.8) is 0 Å². The minimum atomic E-state index is -4.33. The molecule has 0 spiro atoms. The van der Waals surface area contributed by atoms with E-state index < -0.39 is 12.8 Å². The van der Waals surface area contributed by atoms with E-state index in [0.717, 1.165) is 24.4 Å². The summed E-state index contributed by atoms with van der Waals surface area (Å²) in [5.74, 6) is 0.799. The van der Waals surface area contributed by atoms with Crippen LogP contribution in [0.15, 0.2) is 29.3 Å². The predicted octanol–water partition coefficient (Wildman–Crippen LogP) is 2.78. The van der Waals surface area contributed by atoms with E-state index in [-0.39, 0.29) is 42.6 Å². The second-order valence-electron chi connectivity index (χ2n) is 7.64. The van der Waals surface area contributed by atoms with E-state index in [1.165, 1.54) is 0 Å². The summed E-state index contributed by atoms with van der Waals surface area (Å²) in [5.41, 5.74) is 1.60. The van der Waals surface area contributed by atoms with Gasteiger partial charge in [0.25, 0.3) is 5.91 Å². The van der Waals surface area contributed by atoms with Gasteiger partial charge in [-0.1, -0.05) is 24.3 Å². The zero-order valence-electron chi connectivity index (χ0n) is 18.1. The summed E-state index contributed by atoms with van der Waals surface area (Å²) in [6.45, 7) is 2.35. The summed E-state index contributed by atoms with van der Waals surface area (Å²) in [6, 6.07) is 7.24. The van der Waals surface area contributed by atoms with E-state index in [1.54, 1.807) is 19.2 Å². The van der Waals surface area contributed by atoms with Gasteiger partial charge in [0.05, 0.1) is 6.61 Å². The Labute approximate surface area is 203 Å². The van der Waals surface area contributed by atoms with Crippen LogP contribution in [0.5, 0.6) is 0 Å². The quantitative estimate of drug-likeness (QED) is 0.324. The van der Waals surface area contributed by atoms with Crippen LogP contribution in [0, 0.1) is 0 Å². The molecule has 1 amide bonds. The van der Waals surface area contributed by atoms with Gasteiger partial charge < -0.3 is 24.6 Å². The number of guanidine groups is 1. The van der Waals surface area contributed by atoms with Gasteiger partial charge in [-0.25, -0.2) is 0 Å². The lowest BCUT2D eigenvalue weighted by molar-refractivity contribution is -0.176. The number of carbonyl (C=O) groups excluding carboxylic acids is 1. The van der Waals surface area contributed by atoms with Gasteiger partial charge >= 0.3 is 6.18 Å². The van der Waals surface area contributed by atoms with Crippen molar-refractivity contribution >= 4 is 35.8 Å². The molecule has 7 nitrogen and oxygen atoms in total. The normalized spacial score (nSPS) is 19.6. The summed E-state index contributed by atoms with van der Waals surface area (Å²) >= 11 is 0. The van der Waals surface area contributed by atoms with Crippen molar-refractivity contribution in [2.24, 2.45) is 4.99 Å². The van der Waals surface area contributed by atoms with E-state index in [0.29, 0.717) is 44.9 Å². The fourth-order valence-corrected chi connectivity index (χ4v) is 3.74. The predicted molar refractivity (Wildman–Crippen MR) is 125 cm³/mol. The van der Waals surface area contributed by atoms with Gasteiger partial charge in [0.1, 0.15) is 12.7 Å². The molecule has 2 aliphatic heterocycles. The monoisotopic (exact) mass is 570 g/mol. The first-order chi connectivity index (χ1) is 14.9. The standard InChI is InChI=1S/C21H29F3N4O3.HI/c1-25-20(28-9-7-27(8-10-28)19(29)18-6-3-11-31-18)26-13-16-4-2-5-17(12-16)14-30-15-21(22,23)24;/h2,4-5,12,18H,3,6-11,13-15H2,1H3,(H,25,26);1H. The third kappa shape index (κ3) is 8.07. The molecule has 2 saturated heterocycles. The first kappa shape index (κ1) is 26.7. The number of aliphatic imine (C=N–C) groups is 1. The Morgan fingerprint density at radius 3 is 2.53 bits per heavy atom. The summed E-state index contributed by atoms with van der Waals surface area (Å²) in [5, 5.41) is 3.29. The first-order valence-corrected chi connectivity index (χ1v) is 10.4. The van der Waals surface area contributed by atoms with E-state index in [9.17, 15) is 18.0 Å². The van der Waals surface area contributed by atoms with Crippen molar-refractivity contribution in [2.45, 2.75) is 38.3 Å². The number of benzene rings is 1. The number of hydrogen-bond donors (Lipinski definition) is 1. The maximum Gasteiger partial charge on any atom is 0.411 e. The minimum absolute atomic E-state index is 0. The Morgan fingerprint density at radius 1 is 1.22 bits per heavy atom. The maximum atomic E-state index is 12.5. The van der Waals surface area contributed by atoms with Crippen LogP contribution < -0.4 is 5.32 Å². The van der Waals surface area contributed by atoms with Crippen molar-refractivity contribution in [1.82, 2.24) is 15.1 Å². The van der Waals surface area contributed by atoms with Crippen LogP contribution in [-0.2, 0) is 27.4 Å². The lowest BCUT2D eigenvalue weighted by atomic mass is 10.1. The molecular weight excluding hydrogens is 540 g/mol. The molecule has 0 aliphatic carbocycles. The molecule has 0 aromatic heterocycles. The SMILES string of the molecule is CN=C(NCc1cccc(COCC(F)(F)F)c1)N1CCN(C(=O)C2CCCO2)CC1.I. The zero-order valence-corrected chi connectivity index (χ0v) is 20.4. The molecule has 32 heavy (non-hydrogen) atoms. The molecule has 0 bridgehead atoms. The molecule has 2 fully saturated rings. The van der Waals surface area contributed by atoms with Crippen LogP contribution in [0.2, 0.25) is 0 Å². The minimum Gasteiger partial charge on any atom is -0.368 e. The summed E-state index contributed by atoms with van der Waals surface area (Å²) < 4.78 is 46.9. The molecule has 2 aliphatic rings. The number of hydrogen-bond acceptors (Lipinski definition) is 4. The third-order valence-electron chi connectivity index (χ3n) is 5.28.